The highest BCUT2D eigenvalue weighted by atomic mass is 35.5. The van der Waals surface area contributed by atoms with Crippen molar-refractivity contribution in [3.63, 3.8) is 0 Å². The smallest absolute Gasteiger partial charge is 0.225 e. The molecule has 0 aliphatic heterocycles. The van der Waals surface area contributed by atoms with Gasteiger partial charge in [0, 0.05) is 23.0 Å². The second-order valence-electron chi connectivity index (χ2n) is 2.55. The topological polar surface area (TPSA) is 50.7 Å². The fourth-order valence-corrected chi connectivity index (χ4v) is 2.46. The normalized spacial score (nSPS) is 10.4. The van der Waals surface area contributed by atoms with Gasteiger partial charge < -0.3 is 5.32 Å². The van der Waals surface area contributed by atoms with Crippen LogP contribution in [0.15, 0.2) is 12.1 Å². The molecule has 1 N–H and O–H groups in total. The van der Waals surface area contributed by atoms with Gasteiger partial charge in [0.1, 0.15) is 0 Å². The lowest BCUT2D eigenvalue weighted by atomic mass is 10.3. The van der Waals surface area contributed by atoms with Crippen LogP contribution in [0.1, 0.15) is 4.88 Å². The van der Waals surface area contributed by atoms with Crippen molar-refractivity contribution in [2.45, 2.75) is 6.42 Å². The van der Waals surface area contributed by atoms with Crippen molar-refractivity contribution in [3.8, 4) is 0 Å². The minimum atomic E-state index is 0.757. The second kappa shape index (κ2) is 4.68. The molecule has 0 saturated heterocycles. The maximum atomic E-state index is 5.81. The van der Waals surface area contributed by atoms with Gasteiger partial charge in [0.2, 0.25) is 5.13 Å². The summed E-state index contributed by atoms with van der Waals surface area (Å²) in [5.74, 6) is 0. The highest BCUT2D eigenvalue weighted by Crippen LogP contribution is 2.21. The van der Waals surface area contributed by atoms with Crippen molar-refractivity contribution in [1.82, 2.24) is 14.8 Å². The Kier molecular flexibility index (Phi) is 3.28. The number of aromatic nitrogens is 3. The van der Waals surface area contributed by atoms with E-state index in [0.717, 1.165) is 22.4 Å². The van der Waals surface area contributed by atoms with Crippen LogP contribution in [-0.4, -0.2) is 21.3 Å². The third kappa shape index (κ3) is 2.63. The zero-order valence-electron chi connectivity index (χ0n) is 7.11. The molecule has 0 aliphatic carbocycles. The summed E-state index contributed by atoms with van der Waals surface area (Å²) in [6, 6.07) is 3.95. The largest absolute Gasteiger partial charge is 0.358 e. The van der Waals surface area contributed by atoms with Crippen molar-refractivity contribution in [3.05, 3.63) is 21.3 Å². The molecule has 0 saturated carbocycles. The first-order valence-corrected chi connectivity index (χ1v) is 5.94. The molecule has 2 rings (SSSR count). The van der Waals surface area contributed by atoms with E-state index in [1.807, 2.05) is 12.1 Å². The van der Waals surface area contributed by atoms with Gasteiger partial charge in [0.15, 0.2) is 0 Å². The number of halogens is 1. The molecule has 0 fully saturated rings. The SMILES string of the molecule is Clc1ccc(CCNc2nnns2)s1. The summed E-state index contributed by atoms with van der Waals surface area (Å²) >= 11 is 8.67. The van der Waals surface area contributed by atoms with Crippen LogP contribution >= 0.6 is 34.5 Å². The minimum Gasteiger partial charge on any atom is -0.358 e. The molecule has 0 atom stereocenters. The molecule has 14 heavy (non-hydrogen) atoms. The molecule has 0 spiro atoms. The van der Waals surface area contributed by atoms with Gasteiger partial charge >= 0.3 is 0 Å². The summed E-state index contributed by atoms with van der Waals surface area (Å²) in [5.41, 5.74) is 0. The molecule has 2 aromatic heterocycles. The number of rotatable bonds is 4. The van der Waals surface area contributed by atoms with Crippen LogP contribution in [0.5, 0.6) is 0 Å². The average Bonchev–Trinajstić information content (AvgIpc) is 2.77. The number of hydrogen-bond acceptors (Lipinski definition) is 6. The third-order valence-electron chi connectivity index (χ3n) is 1.58. The number of nitrogens with one attached hydrogen (secondary N) is 1. The van der Waals surface area contributed by atoms with Gasteiger partial charge in [-0.15, -0.1) is 11.3 Å². The van der Waals surface area contributed by atoms with Crippen LogP contribution in [0.2, 0.25) is 4.34 Å². The molecule has 0 radical (unpaired) electrons. The van der Waals surface area contributed by atoms with Crippen LogP contribution in [0.3, 0.4) is 0 Å². The van der Waals surface area contributed by atoms with Crippen molar-refractivity contribution in [2.75, 3.05) is 11.9 Å². The Balaban J connectivity index is 1.78. The lowest BCUT2D eigenvalue weighted by molar-refractivity contribution is 0.944. The molecule has 74 valence electrons. The monoisotopic (exact) mass is 246 g/mol. The van der Waals surface area contributed by atoms with Gasteiger partial charge in [0.05, 0.1) is 4.34 Å². The van der Waals surface area contributed by atoms with Gasteiger partial charge in [-0.25, -0.2) is 0 Å². The molecule has 0 aliphatic rings. The summed E-state index contributed by atoms with van der Waals surface area (Å²) < 4.78 is 4.48. The second-order valence-corrected chi connectivity index (χ2v) is 5.08. The fourth-order valence-electron chi connectivity index (χ4n) is 0.980. The van der Waals surface area contributed by atoms with Gasteiger partial charge in [-0.1, -0.05) is 21.2 Å². The first-order chi connectivity index (χ1) is 6.84. The van der Waals surface area contributed by atoms with E-state index in [2.05, 4.69) is 20.1 Å². The Morgan fingerprint density at radius 3 is 3.00 bits per heavy atom. The predicted molar refractivity (Wildman–Crippen MR) is 59.2 cm³/mol. The highest BCUT2D eigenvalue weighted by molar-refractivity contribution is 7.16. The first-order valence-electron chi connectivity index (χ1n) is 3.98. The quantitative estimate of drug-likeness (QED) is 0.900. The Labute approximate surface area is 94.1 Å². The third-order valence-corrected chi connectivity index (χ3v) is 3.42. The van der Waals surface area contributed by atoms with E-state index in [-0.39, 0.29) is 0 Å². The predicted octanol–water partition coefficient (Wildman–Crippen LogP) is 2.30. The van der Waals surface area contributed by atoms with E-state index < -0.39 is 0 Å². The molecule has 2 heterocycles. The van der Waals surface area contributed by atoms with E-state index in [1.165, 1.54) is 16.4 Å². The molecule has 0 unspecified atom stereocenters. The van der Waals surface area contributed by atoms with Crippen LogP contribution in [-0.2, 0) is 6.42 Å². The Bertz CT molecular complexity index is 386. The lowest BCUT2D eigenvalue weighted by Crippen LogP contribution is -2.03. The van der Waals surface area contributed by atoms with Crippen molar-refractivity contribution >= 4 is 39.6 Å². The van der Waals surface area contributed by atoms with E-state index in [1.54, 1.807) is 11.3 Å². The van der Waals surface area contributed by atoms with E-state index in [4.69, 9.17) is 11.6 Å². The lowest BCUT2D eigenvalue weighted by Gasteiger charge is -1.97. The van der Waals surface area contributed by atoms with Crippen LogP contribution in [0.25, 0.3) is 0 Å². The molecular formula is C7H7ClN4S2. The van der Waals surface area contributed by atoms with E-state index in [9.17, 15) is 0 Å². The summed E-state index contributed by atoms with van der Waals surface area (Å²) in [6.45, 7) is 0.827. The molecule has 4 nitrogen and oxygen atoms in total. The first kappa shape index (κ1) is 9.82. The summed E-state index contributed by atoms with van der Waals surface area (Å²) in [6.07, 6.45) is 0.941. The van der Waals surface area contributed by atoms with Gasteiger partial charge in [-0.05, 0) is 23.8 Å². The zero-order valence-corrected chi connectivity index (χ0v) is 9.49. The van der Waals surface area contributed by atoms with Crippen LogP contribution in [0, 0.1) is 0 Å². The summed E-state index contributed by atoms with van der Waals surface area (Å²) in [4.78, 5) is 1.26. The Morgan fingerprint density at radius 1 is 1.43 bits per heavy atom. The standard InChI is InChI=1S/C7H7ClN4S2/c8-6-2-1-5(13-6)3-4-9-7-10-11-12-14-7/h1-2H,3-4H2,(H,9,10,12). The van der Waals surface area contributed by atoms with Crippen LogP contribution < -0.4 is 5.32 Å². The van der Waals surface area contributed by atoms with E-state index >= 15 is 0 Å². The molecule has 0 amide bonds. The Hall–Kier alpha value is -0.720. The number of nitrogens with zero attached hydrogens (tertiary/aromatic N) is 3. The highest BCUT2D eigenvalue weighted by Gasteiger charge is 1.99. The summed E-state index contributed by atoms with van der Waals surface area (Å²) in [5, 5.41) is 11.2. The number of hydrogen-bond donors (Lipinski definition) is 1. The van der Waals surface area contributed by atoms with Gasteiger partial charge in [-0.2, -0.15) is 0 Å². The van der Waals surface area contributed by atoms with E-state index in [0.29, 0.717) is 0 Å². The fraction of sp³-hybridized carbons (Fsp3) is 0.286. The maximum Gasteiger partial charge on any atom is 0.225 e. The number of thiophene rings is 1. The van der Waals surface area contributed by atoms with Gasteiger partial charge in [-0.3, -0.25) is 0 Å². The van der Waals surface area contributed by atoms with Crippen LogP contribution in [0.4, 0.5) is 5.13 Å². The molecule has 0 aromatic carbocycles. The molecular weight excluding hydrogens is 240 g/mol. The van der Waals surface area contributed by atoms with Crippen molar-refractivity contribution in [1.29, 1.82) is 0 Å². The molecule has 0 bridgehead atoms. The number of anilines is 1. The molecule has 7 heteroatoms. The average molecular weight is 247 g/mol. The van der Waals surface area contributed by atoms with Gasteiger partial charge in [0.25, 0.3) is 0 Å². The van der Waals surface area contributed by atoms with Crippen molar-refractivity contribution < 1.29 is 0 Å². The molecule has 2 aromatic rings. The maximum absolute atomic E-state index is 5.81. The Morgan fingerprint density at radius 2 is 2.36 bits per heavy atom. The zero-order chi connectivity index (χ0) is 9.80. The summed E-state index contributed by atoms with van der Waals surface area (Å²) in [7, 11) is 0. The van der Waals surface area contributed by atoms with Crippen molar-refractivity contribution in [2.24, 2.45) is 0 Å². The minimum absolute atomic E-state index is 0.757.